The summed E-state index contributed by atoms with van der Waals surface area (Å²) in [5, 5.41) is 2.97. The quantitative estimate of drug-likeness (QED) is 0.587. The molecule has 0 aromatic carbocycles. The van der Waals surface area contributed by atoms with Crippen molar-refractivity contribution in [2.75, 3.05) is 0 Å². The number of rotatable bonds is 3. The summed E-state index contributed by atoms with van der Waals surface area (Å²) in [4.78, 5) is 0. The zero-order valence-electron chi connectivity index (χ0n) is 5.57. The Bertz CT molecular complexity index is 92.6. The molecule has 0 aliphatic heterocycles. The fraction of sp³-hybridized carbons (Fsp3) is 0.429. The van der Waals surface area contributed by atoms with E-state index in [-0.39, 0.29) is 0 Å². The molecule has 1 N–H and O–H groups in total. The van der Waals surface area contributed by atoms with Gasteiger partial charge in [0.15, 0.2) is 0 Å². The van der Waals surface area contributed by atoms with Gasteiger partial charge in [-0.1, -0.05) is 19.6 Å². The average molecular weight is 111 g/mol. The van der Waals surface area contributed by atoms with Crippen molar-refractivity contribution < 1.29 is 0 Å². The lowest BCUT2D eigenvalue weighted by Gasteiger charge is -1.93. The predicted molar refractivity (Wildman–Crippen MR) is 37.4 cm³/mol. The minimum Gasteiger partial charge on any atom is -0.366 e. The van der Waals surface area contributed by atoms with Crippen LogP contribution >= 0.6 is 0 Å². The van der Waals surface area contributed by atoms with Gasteiger partial charge in [-0.05, 0) is 19.5 Å². The molecular formula is C7H13N. The van der Waals surface area contributed by atoms with Crippen molar-refractivity contribution in [3.8, 4) is 0 Å². The summed E-state index contributed by atoms with van der Waals surface area (Å²) >= 11 is 0. The van der Waals surface area contributed by atoms with Crippen LogP contribution in [0, 0.1) is 0 Å². The topological polar surface area (TPSA) is 12.0 Å². The van der Waals surface area contributed by atoms with Gasteiger partial charge in [-0.3, -0.25) is 0 Å². The predicted octanol–water partition coefficient (Wildman–Crippen LogP) is 2.03. The Kier molecular flexibility index (Phi) is 4.04. The van der Waals surface area contributed by atoms with E-state index in [1.54, 1.807) is 0 Å². The summed E-state index contributed by atoms with van der Waals surface area (Å²) in [5.41, 5.74) is 0.981. The molecule has 0 aliphatic carbocycles. The molecule has 0 bridgehead atoms. The molecule has 1 nitrogen and oxygen atoms in total. The van der Waals surface area contributed by atoms with E-state index in [0.717, 1.165) is 12.1 Å². The number of hydrogen-bond donors (Lipinski definition) is 1. The first-order valence-electron chi connectivity index (χ1n) is 2.84. The first-order chi connectivity index (χ1) is 3.77. The third-order valence-electron chi connectivity index (χ3n) is 0.683. The van der Waals surface area contributed by atoms with E-state index in [1.807, 2.05) is 13.1 Å². The van der Waals surface area contributed by atoms with Crippen molar-refractivity contribution in [1.82, 2.24) is 5.32 Å². The number of hydrogen-bond acceptors (Lipinski definition) is 1. The first-order valence-corrected chi connectivity index (χ1v) is 2.84. The van der Waals surface area contributed by atoms with Crippen LogP contribution in [-0.2, 0) is 0 Å². The van der Waals surface area contributed by atoms with Crippen molar-refractivity contribution in [2.45, 2.75) is 20.3 Å². The van der Waals surface area contributed by atoms with Crippen LogP contribution in [0.25, 0.3) is 0 Å². The average Bonchev–Trinajstić information content (AvgIpc) is 1.66. The molecular weight excluding hydrogens is 98.1 g/mol. The van der Waals surface area contributed by atoms with Gasteiger partial charge in [0.25, 0.3) is 0 Å². The molecule has 0 heterocycles. The van der Waals surface area contributed by atoms with E-state index in [1.165, 1.54) is 0 Å². The number of allylic oxidation sites excluding steroid dienone is 2. The maximum Gasteiger partial charge on any atom is 0.00419 e. The Morgan fingerprint density at radius 2 is 2.38 bits per heavy atom. The molecule has 0 fully saturated rings. The Morgan fingerprint density at radius 1 is 1.75 bits per heavy atom. The molecule has 0 unspecified atom stereocenters. The van der Waals surface area contributed by atoms with Gasteiger partial charge in [-0.15, -0.1) is 0 Å². The van der Waals surface area contributed by atoms with E-state index in [2.05, 4.69) is 24.9 Å². The second-order valence-electron chi connectivity index (χ2n) is 1.74. The van der Waals surface area contributed by atoms with Crippen LogP contribution in [0.4, 0.5) is 0 Å². The van der Waals surface area contributed by atoms with E-state index in [4.69, 9.17) is 0 Å². The van der Waals surface area contributed by atoms with Crippen LogP contribution in [0.1, 0.15) is 20.3 Å². The molecule has 0 saturated carbocycles. The molecule has 0 radical (unpaired) electrons. The van der Waals surface area contributed by atoms with Gasteiger partial charge < -0.3 is 5.32 Å². The van der Waals surface area contributed by atoms with Crippen LogP contribution in [0.3, 0.4) is 0 Å². The third kappa shape index (κ3) is 5.28. The largest absolute Gasteiger partial charge is 0.366 e. The normalized spacial score (nSPS) is 9.75. The van der Waals surface area contributed by atoms with Gasteiger partial charge in [-0.25, -0.2) is 0 Å². The SMILES string of the molecule is C=C(C)N/C=C/CC. The maximum absolute atomic E-state index is 3.66. The van der Waals surface area contributed by atoms with Crippen molar-refractivity contribution in [3.63, 3.8) is 0 Å². The van der Waals surface area contributed by atoms with Crippen molar-refractivity contribution in [1.29, 1.82) is 0 Å². The van der Waals surface area contributed by atoms with Crippen LogP contribution in [0.15, 0.2) is 24.6 Å². The molecule has 1 heteroatoms. The van der Waals surface area contributed by atoms with E-state index in [0.29, 0.717) is 0 Å². The molecule has 0 aliphatic rings. The monoisotopic (exact) mass is 111 g/mol. The van der Waals surface area contributed by atoms with Gasteiger partial charge >= 0.3 is 0 Å². The summed E-state index contributed by atoms with van der Waals surface area (Å²) in [7, 11) is 0. The van der Waals surface area contributed by atoms with Gasteiger partial charge in [0.05, 0.1) is 0 Å². The molecule has 0 atom stereocenters. The smallest absolute Gasteiger partial charge is 0.00419 e. The molecule has 0 rings (SSSR count). The van der Waals surface area contributed by atoms with Gasteiger partial charge in [-0.2, -0.15) is 0 Å². The second kappa shape index (κ2) is 4.44. The van der Waals surface area contributed by atoms with Gasteiger partial charge in [0.2, 0.25) is 0 Å². The van der Waals surface area contributed by atoms with E-state index >= 15 is 0 Å². The molecule has 0 aromatic rings. The lowest BCUT2D eigenvalue weighted by atomic mass is 10.4. The fourth-order valence-electron chi connectivity index (χ4n) is 0.319. The molecule has 0 saturated heterocycles. The van der Waals surface area contributed by atoms with Crippen molar-refractivity contribution >= 4 is 0 Å². The molecule has 8 heavy (non-hydrogen) atoms. The van der Waals surface area contributed by atoms with Crippen LogP contribution in [0.2, 0.25) is 0 Å². The second-order valence-corrected chi connectivity index (χ2v) is 1.74. The molecule has 0 amide bonds. The van der Waals surface area contributed by atoms with Gasteiger partial charge in [0.1, 0.15) is 0 Å². The molecule has 0 aromatic heterocycles. The summed E-state index contributed by atoms with van der Waals surface area (Å²) in [5.74, 6) is 0. The summed E-state index contributed by atoms with van der Waals surface area (Å²) in [6.07, 6.45) is 5.03. The molecule has 46 valence electrons. The maximum atomic E-state index is 3.66. The highest BCUT2D eigenvalue weighted by molar-refractivity contribution is 4.92. The third-order valence-corrected chi connectivity index (χ3v) is 0.683. The van der Waals surface area contributed by atoms with Crippen LogP contribution in [0.5, 0.6) is 0 Å². The minimum atomic E-state index is 0.981. The highest BCUT2D eigenvalue weighted by Gasteiger charge is 1.70. The first kappa shape index (κ1) is 7.28. The lowest BCUT2D eigenvalue weighted by Crippen LogP contribution is -1.97. The van der Waals surface area contributed by atoms with E-state index < -0.39 is 0 Å². The Balaban J connectivity index is 3.16. The van der Waals surface area contributed by atoms with Crippen LogP contribution in [-0.4, -0.2) is 0 Å². The standard InChI is InChI=1S/C7H13N/c1-4-5-6-8-7(2)3/h5-6,8H,2,4H2,1,3H3/b6-5+. The van der Waals surface area contributed by atoms with E-state index in [9.17, 15) is 0 Å². The number of nitrogens with one attached hydrogen (secondary N) is 1. The fourth-order valence-corrected chi connectivity index (χ4v) is 0.319. The van der Waals surface area contributed by atoms with Gasteiger partial charge in [0, 0.05) is 5.70 Å². The Labute approximate surface area is 51.1 Å². The van der Waals surface area contributed by atoms with Crippen molar-refractivity contribution in [2.24, 2.45) is 0 Å². The highest BCUT2D eigenvalue weighted by Crippen LogP contribution is 1.80. The Hall–Kier alpha value is -0.720. The zero-order valence-corrected chi connectivity index (χ0v) is 5.57. The highest BCUT2D eigenvalue weighted by atomic mass is 14.8. The summed E-state index contributed by atoms with van der Waals surface area (Å²) in [6, 6.07) is 0. The van der Waals surface area contributed by atoms with Crippen molar-refractivity contribution in [3.05, 3.63) is 24.6 Å². The zero-order chi connectivity index (χ0) is 6.41. The lowest BCUT2D eigenvalue weighted by molar-refractivity contribution is 1.05. The summed E-state index contributed by atoms with van der Waals surface area (Å²) in [6.45, 7) is 7.69. The van der Waals surface area contributed by atoms with Crippen LogP contribution < -0.4 is 5.32 Å². The molecule has 0 spiro atoms. The minimum absolute atomic E-state index is 0.981. The summed E-state index contributed by atoms with van der Waals surface area (Å²) < 4.78 is 0. The Morgan fingerprint density at radius 3 is 2.75 bits per heavy atom.